The van der Waals surface area contributed by atoms with Crippen LogP contribution in [-0.2, 0) is 7.05 Å². The Balaban J connectivity index is 1.75. The molecule has 0 fully saturated rings. The van der Waals surface area contributed by atoms with Crippen molar-refractivity contribution in [2.75, 3.05) is 19.0 Å². The SMILES string of the molecule is CN(C)c1ccc(-c2n[nH]c(-c3cn(C)c4ccc(Br)cc34)n2)cc1. The number of anilines is 1. The van der Waals surface area contributed by atoms with E-state index in [1.807, 2.05) is 39.3 Å². The molecule has 0 radical (unpaired) electrons. The van der Waals surface area contributed by atoms with Gasteiger partial charge in [0.1, 0.15) is 0 Å². The third kappa shape index (κ3) is 2.82. The van der Waals surface area contributed by atoms with E-state index in [-0.39, 0.29) is 0 Å². The molecule has 25 heavy (non-hydrogen) atoms. The molecule has 0 aliphatic rings. The second-order valence-corrected chi connectivity index (χ2v) is 7.18. The monoisotopic (exact) mass is 395 g/mol. The number of hydrogen-bond donors (Lipinski definition) is 1. The standard InChI is InChI=1S/C19H18BrN5/c1-24(2)14-7-4-12(5-8-14)18-21-19(23-22-18)16-11-25(3)17-9-6-13(20)10-15(16)17/h4-11H,1-3H3,(H,21,22,23). The number of nitrogens with zero attached hydrogens (tertiary/aromatic N) is 4. The molecule has 0 saturated heterocycles. The van der Waals surface area contributed by atoms with Gasteiger partial charge >= 0.3 is 0 Å². The van der Waals surface area contributed by atoms with Crippen molar-refractivity contribution in [3.05, 3.63) is 53.1 Å². The molecular weight excluding hydrogens is 378 g/mol. The predicted octanol–water partition coefficient (Wildman–Crippen LogP) is 4.46. The van der Waals surface area contributed by atoms with E-state index in [1.165, 1.54) is 0 Å². The Morgan fingerprint density at radius 3 is 2.56 bits per heavy atom. The van der Waals surface area contributed by atoms with Gasteiger partial charge in [0.05, 0.1) is 0 Å². The van der Waals surface area contributed by atoms with Crippen molar-refractivity contribution in [1.82, 2.24) is 19.7 Å². The third-order valence-corrected chi connectivity index (χ3v) is 4.83. The molecule has 0 saturated carbocycles. The number of hydrogen-bond acceptors (Lipinski definition) is 3. The molecule has 1 N–H and O–H groups in total. The smallest absolute Gasteiger partial charge is 0.181 e. The highest BCUT2D eigenvalue weighted by atomic mass is 79.9. The first-order chi connectivity index (χ1) is 12.0. The maximum absolute atomic E-state index is 4.71. The summed E-state index contributed by atoms with van der Waals surface area (Å²) in [5.74, 6) is 1.47. The minimum atomic E-state index is 0.701. The normalized spacial score (nSPS) is 11.2. The fourth-order valence-corrected chi connectivity index (χ4v) is 3.33. The minimum absolute atomic E-state index is 0.701. The lowest BCUT2D eigenvalue weighted by Crippen LogP contribution is -2.07. The van der Waals surface area contributed by atoms with Gasteiger partial charge in [-0.25, -0.2) is 4.98 Å². The van der Waals surface area contributed by atoms with Gasteiger partial charge in [-0.15, -0.1) is 0 Å². The zero-order chi connectivity index (χ0) is 17.6. The van der Waals surface area contributed by atoms with Gasteiger partial charge in [0.15, 0.2) is 11.6 Å². The summed E-state index contributed by atoms with van der Waals surface area (Å²) < 4.78 is 3.15. The van der Waals surface area contributed by atoms with Crippen molar-refractivity contribution in [2.45, 2.75) is 0 Å². The van der Waals surface area contributed by atoms with Crippen LogP contribution in [0.4, 0.5) is 5.69 Å². The van der Waals surface area contributed by atoms with E-state index in [1.54, 1.807) is 0 Å². The summed E-state index contributed by atoms with van der Waals surface area (Å²) in [6, 6.07) is 14.5. The van der Waals surface area contributed by atoms with E-state index in [4.69, 9.17) is 4.98 Å². The lowest BCUT2D eigenvalue weighted by atomic mass is 10.1. The summed E-state index contributed by atoms with van der Waals surface area (Å²) in [5, 5.41) is 8.63. The van der Waals surface area contributed by atoms with Gasteiger partial charge in [-0.1, -0.05) is 15.9 Å². The van der Waals surface area contributed by atoms with Gasteiger partial charge in [0.2, 0.25) is 0 Å². The van der Waals surface area contributed by atoms with Crippen LogP contribution in [0.3, 0.4) is 0 Å². The first kappa shape index (κ1) is 15.9. The van der Waals surface area contributed by atoms with Gasteiger partial charge < -0.3 is 9.47 Å². The largest absolute Gasteiger partial charge is 0.378 e. The second kappa shape index (κ2) is 6.04. The van der Waals surface area contributed by atoms with Gasteiger partial charge in [-0.2, -0.15) is 5.10 Å². The molecule has 0 aliphatic heterocycles. The lowest BCUT2D eigenvalue weighted by Gasteiger charge is -2.11. The molecule has 2 aromatic carbocycles. The lowest BCUT2D eigenvalue weighted by molar-refractivity contribution is 0.968. The number of aromatic nitrogens is 4. The molecule has 126 valence electrons. The topological polar surface area (TPSA) is 49.7 Å². The van der Waals surface area contributed by atoms with Crippen LogP contribution in [0, 0.1) is 0 Å². The van der Waals surface area contributed by atoms with Crippen molar-refractivity contribution in [2.24, 2.45) is 7.05 Å². The summed E-state index contributed by atoms with van der Waals surface area (Å²) in [7, 11) is 6.09. The first-order valence-corrected chi connectivity index (χ1v) is 8.77. The van der Waals surface area contributed by atoms with E-state index in [9.17, 15) is 0 Å². The Labute approximate surface area is 154 Å². The zero-order valence-electron chi connectivity index (χ0n) is 14.3. The second-order valence-electron chi connectivity index (χ2n) is 6.26. The maximum Gasteiger partial charge on any atom is 0.181 e. The Bertz CT molecular complexity index is 1040. The minimum Gasteiger partial charge on any atom is -0.378 e. The molecule has 6 heteroatoms. The molecule has 5 nitrogen and oxygen atoms in total. The number of H-pyrrole nitrogens is 1. The molecular formula is C19H18BrN5. The highest BCUT2D eigenvalue weighted by Crippen LogP contribution is 2.31. The van der Waals surface area contributed by atoms with Crippen LogP contribution in [-0.4, -0.2) is 33.8 Å². The van der Waals surface area contributed by atoms with Crippen LogP contribution in [0.15, 0.2) is 53.1 Å². The van der Waals surface area contributed by atoms with Crippen LogP contribution in [0.1, 0.15) is 0 Å². The zero-order valence-corrected chi connectivity index (χ0v) is 15.9. The van der Waals surface area contributed by atoms with Crippen LogP contribution < -0.4 is 4.90 Å². The first-order valence-electron chi connectivity index (χ1n) is 7.98. The maximum atomic E-state index is 4.71. The van der Waals surface area contributed by atoms with E-state index >= 15 is 0 Å². The molecule has 0 atom stereocenters. The Kier molecular flexibility index (Phi) is 3.84. The van der Waals surface area contributed by atoms with Crippen molar-refractivity contribution < 1.29 is 0 Å². The van der Waals surface area contributed by atoms with E-state index in [0.29, 0.717) is 5.82 Å². The van der Waals surface area contributed by atoms with Gasteiger partial charge in [-0.05, 0) is 42.5 Å². The van der Waals surface area contributed by atoms with Crippen molar-refractivity contribution in [3.8, 4) is 22.8 Å². The molecule has 0 bridgehead atoms. The number of rotatable bonds is 3. The average molecular weight is 396 g/mol. The van der Waals surface area contributed by atoms with Crippen molar-refractivity contribution >= 4 is 32.5 Å². The number of aryl methyl sites for hydroxylation is 1. The predicted molar refractivity (Wildman–Crippen MR) is 106 cm³/mol. The molecule has 0 aliphatic carbocycles. The number of benzene rings is 2. The summed E-state index contributed by atoms with van der Waals surface area (Å²) in [6.07, 6.45) is 2.08. The highest BCUT2D eigenvalue weighted by Gasteiger charge is 2.14. The quantitative estimate of drug-likeness (QED) is 0.556. The molecule has 0 unspecified atom stereocenters. The molecule has 4 aromatic rings. The number of nitrogens with one attached hydrogen (secondary N) is 1. The summed E-state index contributed by atoms with van der Waals surface area (Å²) in [4.78, 5) is 6.78. The molecule has 2 aromatic heterocycles. The summed E-state index contributed by atoms with van der Waals surface area (Å²) in [5.41, 5.74) is 4.35. The molecule has 2 heterocycles. The summed E-state index contributed by atoms with van der Waals surface area (Å²) in [6.45, 7) is 0. The summed E-state index contributed by atoms with van der Waals surface area (Å²) >= 11 is 3.55. The molecule has 4 rings (SSSR count). The van der Waals surface area contributed by atoms with Crippen LogP contribution in [0.5, 0.6) is 0 Å². The Hall–Kier alpha value is -2.60. The van der Waals surface area contributed by atoms with Gasteiger partial charge in [0.25, 0.3) is 0 Å². The van der Waals surface area contributed by atoms with Crippen LogP contribution in [0.2, 0.25) is 0 Å². The number of halogens is 1. The number of aromatic amines is 1. The van der Waals surface area contributed by atoms with E-state index < -0.39 is 0 Å². The highest BCUT2D eigenvalue weighted by molar-refractivity contribution is 9.10. The number of fused-ring (bicyclic) bond motifs is 1. The van der Waals surface area contributed by atoms with Gasteiger partial charge in [-0.3, -0.25) is 5.10 Å². The molecule has 0 spiro atoms. The van der Waals surface area contributed by atoms with Crippen LogP contribution in [0.25, 0.3) is 33.7 Å². The molecule has 0 amide bonds. The average Bonchev–Trinajstić information content (AvgIpc) is 3.20. The van der Waals surface area contributed by atoms with E-state index in [0.717, 1.165) is 38.0 Å². The van der Waals surface area contributed by atoms with Crippen molar-refractivity contribution in [3.63, 3.8) is 0 Å². The van der Waals surface area contributed by atoms with Crippen molar-refractivity contribution in [1.29, 1.82) is 0 Å². The fourth-order valence-electron chi connectivity index (χ4n) is 2.97. The Morgan fingerprint density at radius 1 is 1.08 bits per heavy atom. The fraction of sp³-hybridized carbons (Fsp3) is 0.158. The van der Waals surface area contributed by atoms with Crippen LogP contribution >= 0.6 is 15.9 Å². The van der Waals surface area contributed by atoms with E-state index in [2.05, 4.69) is 66.1 Å². The third-order valence-electron chi connectivity index (χ3n) is 4.33. The van der Waals surface area contributed by atoms with Gasteiger partial charge in [0, 0.05) is 59.5 Å². The Morgan fingerprint density at radius 2 is 1.84 bits per heavy atom.